The van der Waals surface area contributed by atoms with Crippen molar-refractivity contribution in [1.82, 2.24) is 15.2 Å². The fraction of sp³-hybridized carbons (Fsp3) is 0.111. The Morgan fingerprint density at radius 1 is 1.15 bits per heavy atom. The van der Waals surface area contributed by atoms with Crippen LogP contribution in [-0.2, 0) is 4.74 Å². The summed E-state index contributed by atoms with van der Waals surface area (Å²) in [4.78, 5) is 16.0. The number of nitrogens with zero attached hydrogens (tertiary/aromatic N) is 3. The fourth-order valence-corrected chi connectivity index (χ4v) is 2.43. The van der Waals surface area contributed by atoms with E-state index < -0.39 is 5.97 Å². The Kier molecular flexibility index (Phi) is 5.28. The Labute approximate surface area is 155 Å². The third-order valence-electron chi connectivity index (χ3n) is 3.56. The van der Waals surface area contributed by atoms with Gasteiger partial charge in [-0.3, -0.25) is 0 Å². The molecule has 3 aromatic rings. The average molecular weight is 370 g/mol. The summed E-state index contributed by atoms with van der Waals surface area (Å²) in [5.74, 6) is 0.383. The van der Waals surface area contributed by atoms with Crippen molar-refractivity contribution < 1.29 is 9.53 Å². The number of halogens is 1. The molecular weight excluding hydrogens is 354 g/mol. The number of rotatable bonds is 5. The van der Waals surface area contributed by atoms with Crippen molar-refractivity contribution in [1.29, 1.82) is 0 Å². The van der Waals surface area contributed by atoms with Crippen molar-refractivity contribution in [3.05, 3.63) is 64.8 Å². The minimum Gasteiger partial charge on any atom is -0.465 e. The quantitative estimate of drug-likeness (QED) is 0.654. The Bertz CT molecular complexity index is 948. The van der Waals surface area contributed by atoms with E-state index >= 15 is 0 Å². The first kappa shape index (κ1) is 17.6. The normalized spacial score (nSPS) is 10.3. The summed E-state index contributed by atoms with van der Waals surface area (Å²) in [5.41, 5.74) is 2.92. The second kappa shape index (κ2) is 7.79. The van der Waals surface area contributed by atoms with Gasteiger partial charge in [0.15, 0.2) is 5.82 Å². The van der Waals surface area contributed by atoms with Crippen molar-refractivity contribution in [2.75, 3.05) is 17.7 Å². The highest BCUT2D eigenvalue weighted by Crippen LogP contribution is 2.23. The van der Waals surface area contributed by atoms with Gasteiger partial charge in [0.25, 0.3) is 0 Å². The minimum atomic E-state index is -0.417. The summed E-state index contributed by atoms with van der Waals surface area (Å²) in [6.45, 7) is 1.96. The number of aromatic nitrogens is 3. The number of carbonyl (C=O) groups excluding carboxylic acids is 1. The molecule has 0 aliphatic rings. The Hall–Kier alpha value is -3.19. The molecule has 3 rings (SSSR count). The molecule has 2 N–H and O–H groups in total. The van der Waals surface area contributed by atoms with Crippen LogP contribution in [0.25, 0.3) is 0 Å². The molecular formula is C18H16ClN5O2. The van der Waals surface area contributed by atoms with Gasteiger partial charge in [0.05, 0.1) is 18.9 Å². The average Bonchev–Trinajstić information content (AvgIpc) is 2.64. The molecule has 1 aromatic heterocycles. The lowest BCUT2D eigenvalue weighted by molar-refractivity contribution is 0.0601. The number of aryl methyl sites for hydroxylation is 1. The first-order valence-electron chi connectivity index (χ1n) is 7.73. The monoisotopic (exact) mass is 369 g/mol. The van der Waals surface area contributed by atoms with E-state index in [2.05, 4.69) is 25.8 Å². The van der Waals surface area contributed by atoms with Gasteiger partial charge in [0.2, 0.25) is 5.95 Å². The summed E-state index contributed by atoms with van der Waals surface area (Å²) in [5, 5.41) is 14.7. The molecule has 8 heteroatoms. The van der Waals surface area contributed by atoms with Crippen molar-refractivity contribution in [2.45, 2.75) is 6.92 Å². The fourth-order valence-electron chi connectivity index (χ4n) is 2.25. The van der Waals surface area contributed by atoms with Gasteiger partial charge in [-0.25, -0.2) is 4.79 Å². The van der Waals surface area contributed by atoms with Crippen LogP contribution in [0.5, 0.6) is 0 Å². The lowest BCUT2D eigenvalue weighted by atomic mass is 10.2. The Balaban J connectivity index is 1.79. The van der Waals surface area contributed by atoms with E-state index in [1.807, 2.05) is 25.1 Å². The second-order valence-corrected chi connectivity index (χ2v) is 5.88. The maximum absolute atomic E-state index is 11.6. The first-order chi connectivity index (χ1) is 12.5. The molecule has 132 valence electrons. The Morgan fingerprint density at radius 2 is 2.00 bits per heavy atom. The van der Waals surface area contributed by atoms with Gasteiger partial charge < -0.3 is 15.4 Å². The number of carbonyl (C=O) groups is 1. The third kappa shape index (κ3) is 4.25. The number of ether oxygens (including phenoxy) is 1. The van der Waals surface area contributed by atoms with Crippen LogP contribution in [0.1, 0.15) is 15.9 Å². The van der Waals surface area contributed by atoms with Crippen LogP contribution in [0.4, 0.5) is 23.1 Å². The molecule has 0 aliphatic heterocycles. The van der Waals surface area contributed by atoms with Crippen LogP contribution in [0, 0.1) is 6.92 Å². The summed E-state index contributed by atoms with van der Waals surface area (Å²) in [7, 11) is 1.34. The van der Waals surface area contributed by atoms with Crippen LogP contribution in [0.15, 0.2) is 48.7 Å². The zero-order chi connectivity index (χ0) is 18.5. The highest BCUT2D eigenvalue weighted by molar-refractivity contribution is 6.30. The van der Waals surface area contributed by atoms with E-state index in [-0.39, 0.29) is 5.95 Å². The number of hydrogen-bond acceptors (Lipinski definition) is 7. The molecule has 2 aromatic carbocycles. The van der Waals surface area contributed by atoms with Crippen LogP contribution < -0.4 is 10.6 Å². The molecule has 1 heterocycles. The number of nitrogens with one attached hydrogen (secondary N) is 2. The molecule has 0 amide bonds. The molecule has 0 fully saturated rings. The third-order valence-corrected chi connectivity index (χ3v) is 3.80. The van der Waals surface area contributed by atoms with E-state index in [1.165, 1.54) is 13.3 Å². The molecule has 26 heavy (non-hydrogen) atoms. The van der Waals surface area contributed by atoms with Crippen molar-refractivity contribution in [2.24, 2.45) is 0 Å². The molecule has 0 bridgehead atoms. The van der Waals surface area contributed by atoms with Crippen molar-refractivity contribution in [3.63, 3.8) is 0 Å². The van der Waals surface area contributed by atoms with Gasteiger partial charge in [-0.15, -0.1) is 5.10 Å². The largest absolute Gasteiger partial charge is 0.465 e. The molecule has 0 atom stereocenters. The van der Waals surface area contributed by atoms with E-state index in [0.717, 1.165) is 11.3 Å². The maximum Gasteiger partial charge on any atom is 0.337 e. The molecule has 0 spiro atoms. The predicted molar refractivity (Wildman–Crippen MR) is 100 cm³/mol. The van der Waals surface area contributed by atoms with Crippen molar-refractivity contribution in [3.8, 4) is 0 Å². The summed E-state index contributed by atoms with van der Waals surface area (Å²) in [6, 6.07) is 12.4. The van der Waals surface area contributed by atoms with E-state index in [4.69, 9.17) is 16.3 Å². The zero-order valence-electron chi connectivity index (χ0n) is 14.2. The second-order valence-electron chi connectivity index (χ2n) is 5.45. The van der Waals surface area contributed by atoms with Crippen LogP contribution in [0.3, 0.4) is 0 Å². The standard InChI is InChI=1S/C18H16ClN5O2/c1-11-6-7-13(19)9-15(11)22-16-10-20-24-18(23-16)21-14-5-3-4-12(8-14)17(25)26-2/h3-10H,1-2H3,(H2,21,22,23,24). The molecule has 0 unspecified atom stereocenters. The van der Waals surface area contributed by atoms with Crippen LogP contribution in [0.2, 0.25) is 5.02 Å². The van der Waals surface area contributed by atoms with E-state index in [0.29, 0.717) is 22.1 Å². The molecule has 0 radical (unpaired) electrons. The van der Waals surface area contributed by atoms with Gasteiger partial charge in [0, 0.05) is 16.4 Å². The SMILES string of the molecule is COC(=O)c1cccc(Nc2nncc(Nc3cc(Cl)ccc3C)n2)c1. The number of esters is 1. The summed E-state index contributed by atoms with van der Waals surface area (Å²) >= 11 is 6.04. The van der Waals surface area contributed by atoms with Gasteiger partial charge >= 0.3 is 5.97 Å². The van der Waals surface area contributed by atoms with Crippen LogP contribution >= 0.6 is 11.6 Å². The van der Waals surface area contributed by atoms with Gasteiger partial charge in [0.1, 0.15) is 0 Å². The van der Waals surface area contributed by atoms with Gasteiger partial charge in [-0.05, 0) is 42.8 Å². The molecule has 7 nitrogen and oxygen atoms in total. The maximum atomic E-state index is 11.6. The van der Waals surface area contributed by atoms with E-state index in [1.54, 1.807) is 24.3 Å². The molecule has 0 saturated carbocycles. The molecule has 0 aliphatic carbocycles. The number of hydrogen-bond donors (Lipinski definition) is 2. The minimum absolute atomic E-state index is 0.289. The summed E-state index contributed by atoms with van der Waals surface area (Å²) < 4.78 is 4.72. The van der Waals surface area contributed by atoms with Crippen LogP contribution in [-0.4, -0.2) is 28.3 Å². The lowest BCUT2D eigenvalue weighted by Crippen LogP contribution is -2.05. The number of methoxy groups -OCH3 is 1. The Morgan fingerprint density at radius 3 is 2.81 bits per heavy atom. The number of benzene rings is 2. The molecule has 0 saturated heterocycles. The predicted octanol–water partition coefficient (Wildman–Crippen LogP) is 4.11. The summed E-state index contributed by atoms with van der Waals surface area (Å²) in [6.07, 6.45) is 1.51. The van der Waals surface area contributed by atoms with Crippen molar-refractivity contribution >= 4 is 40.7 Å². The van der Waals surface area contributed by atoms with Gasteiger partial charge in [-0.1, -0.05) is 23.7 Å². The lowest BCUT2D eigenvalue weighted by Gasteiger charge is -2.10. The first-order valence-corrected chi connectivity index (χ1v) is 8.11. The van der Waals surface area contributed by atoms with E-state index in [9.17, 15) is 4.79 Å². The topological polar surface area (TPSA) is 89.0 Å². The van der Waals surface area contributed by atoms with Gasteiger partial charge in [-0.2, -0.15) is 10.1 Å². The zero-order valence-corrected chi connectivity index (χ0v) is 14.9. The highest BCUT2D eigenvalue weighted by atomic mass is 35.5. The smallest absolute Gasteiger partial charge is 0.337 e. The number of anilines is 4. The highest BCUT2D eigenvalue weighted by Gasteiger charge is 2.08.